The van der Waals surface area contributed by atoms with Gasteiger partial charge in [0.05, 0.1) is 26.7 Å². The Labute approximate surface area is 165 Å². The number of benzene rings is 1. The zero-order chi connectivity index (χ0) is 18.7. The Morgan fingerprint density at radius 1 is 1.15 bits per heavy atom. The number of rotatable bonds is 5. The highest BCUT2D eigenvalue weighted by molar-refractivity contribution is 5.85. The van der Waals surface area contributed by atoms with Crippen molar-refractivity contribution in [3.05, 3.63) is 23.3 Å². The molecule has 2 aliphatic rings. The molecule has 0 saturated carbocycles. The van der Waals surface area contributed by atoms with Gasteiger partial charge in [0, 0.05) is 19.6 Å². The average molecular weight is 399 g/mol. The van der Waals surface area contributed by atoms with Gasteiger partial charge in [0.25, 0.3) is 0 Å². The summed E-state index contributed by atoms with van der Waals surface area (Å²) in [5.41, 5.74) is 2.25. The molecular weight excluding hydrogens is 372 g/mol. The molecule has 1 unspecified atom stereocenters. The van der Waals surface area contributed by atoms with Crippen LogP contribution in [0.5, 0.6) is 11.5 Å². The molecule has 1 N–H and O–H groups in total. The zero-order valence-corrected chi connectivity index (χ0v) is 16.6. The highest BCUT2D eigenvalue weighted by Crippen LogP contribution is 2.33. The maximum atomic E-state index is 12.7. The lowest BCUT2D eigenvalue weighted by Gasteiger charge is -2.34. The summed E-state index contributed by atoms with van der Waals surface area (Å²) in [6, 6.07) is 3.92. The molecule has 1 amide bonds. The summed E-state index contributed by atoms with van der Waals surface area (Å²) in [4.78, 5) is 27.7. The molecule has 1 saturated heterocycles. The molecule has 0 radical (unpaired) electrons. The van der Waals surface area contributed by atoms with Crippen LogP contribution < -0.4 is 9.47 Å². The third-order valence-electron chi connectivity index (χ3n) is 5.28. The number of methoxy groups -OCH3 is 2. The summed E-state index contributed by atoms with van der Waals surface area (Å²) in [6.07, 6.45) is 2.29. The summed E-state index contributed by atoms with van der Waals surface area (Å²) in [5, 5.41) is 9.20. The lowest BCUT2D eigenvalue weighted by Crippen LogP contribution is -2.46. The smallest absolute Gasteiger partial charge is 0.307 e. The molecular formula is C19H27ClN2O5. The number of carboxylic acid groups (broad SMARTS) is 1. The van der Waals surface area contributed by atoms with Gasteiger partial charge in [-0.15, -0.1) is 12.4 Å². The van der Waals surface area contributed by atoms with Gasteiger partial charge >= 0.3 is 5.97 Å². The van der Waals surface area contributed by atoms with Crippen molar-refractivity contribution < 1.29 is 24.2 Å². The van der Waals surface area contributed by atoms with E-state index in [1.165, 1.54) is 5.56 Å². The Balaban J connectivity index is 0.00000261. The molecule has 1 atom stereocenters. The van der Waals surface area contributed by atoms with Gasteiger partial charge in [-0.05, 0) is 49.1 Å². The number of amides is 1. The molecule has 1 aromatic carbocycles. The van der Waals surface area contributed by atoms with E-state index in [0.29, 0.717) is 37.6 Å². The number of hydrogen-bond acceptors (Lipinski definition) is 5. The van der Waals surface area contributed by atoms with Crippen LogP contribution in [0.2, 0.25) is 0 Å². The van der Waals surface area contributed by atoms with E-state index in [9.17, 15) is 14.7 Å². The largest absolute Gasteiger partial charge is 0.493 e. The Kier molecular flexibility index (Phi) is 7.33. The lowest BCUT2D eigenvalue weighted by atomic mass is 9.97. The summed E-state index contributed by atoms with van der Waals surface area (Å²) < 4.78 is 10.7. The average Bonchev–Trinajstić information content (AvgIpc) is 2.66. The molecule has 7 nitrogen and oxygen atoms in total. The second-order valence-corrected chi connectivity index (χ2v) is 6.95. The van der Waals surface area contributed by atoms with Crippen molar-refractivity contribution in [2.24, 2.45) is 5.92 Å². The fourth-order valence-electron chi connectivity index (χ4n) is 3.79. The highest BCUT2D eigenvalue weighted by Gasteiger charge is 2.29. The monoisotopic (exact) mass is 398 g/mol. The van der Waals surface area contributed by atoms with E-state index < -0.39 is 5.97 Å². The van der Waals surface area contributed by atoms with Gasteiger partial charge in [0.1, 0.15) is 0 Å². The fourth-order valence-corrected chi connectivity index (χ4v) is 3.79. The van der Waals surface area contributed by atoms with Gasteiger partial charge in [-0.2, -0.15) is 0 Å². The van der Waals surface area contributed by atoms with E-state index >= 15 is 0 Å². The number of hydrogen-bond donors (Lipinski definition) is 1. The van der Waals surface area contributed by atoms with Crippen molar-refractivity contribution in [2.75, 3.05) is 40.4 Å². The van der Waals surface area contributed by atoms with Crippen LogP contribution in [-0.2, 0) is 22.6 Å². The predicted octanol–water partition coefficient (Wildman–Crippen LogP) is 1.81. The topological polar surface area (TPSA) is 79.3 Å². The minimum atomic E-state index is -0.768. The van der Waals surface area contributed by atoms with E-state index in [1.54, 1.807) is 14.2 Å². The number of carbonyl (C=O) groups is 2. The van der Waals surface area contributed by atoms with Crippen molar-refractivity contribution in [1.29, 1.82) is 0 Å². The van der Waals surface area contributed by atoms with E-state index in [4.69, 9.17) is 9.47 Å². The molecule has 27 heavy (non-hydrogen) atoms. The first-order chi connectivity index (χ1) is 12.5. The van der Waals surface area contributed by atoms with Crippen molar-refractivity contribution in [3.8, 4) is 11.5 Å². The molecule has 0 aromatic heterocycles. The first kappa shape index (κ1) is 21.3. The number of aliphatic carboxylic acids is 1. The van der Waals surface area contributed by atoms with Gasteiger partial charge in [-0.25, -0.2) is 0 Å². The number of fused-ring (bicyclic) bond motifs is 1. The number of piperidine rings is 1. The van der Waals surface area contributed by atoms with Gasteiger partial charge in [0.2, 0.25) is 5.91 Å². The maximum absolute atomic E-state index is 12.7. The lowest BCUT2D eigenvalue weighted by molar-refractivity contribution is -0.145. The van der Waals surface area contributed by atoms with Gasteiger partial charge < -0.3 is 19.5 Å². The number of halogens is 1. The van der Waals surface area contributed by atoms with E-state index in [0.717, 1.165) is 24.9 Å². The Morgan fingerprint density at radius 3 is 2.44 bits per heavy atom. The number of likely N-dealkylation sites (tertiary alicyclic amines) is 1. The second kappa shape index (κ2) is 9.28. The molecule has 150 valence electrons. The van der Waals surface area contributed by atoms with Crippen LogP contribution >= 0.6 is 12.4 Å². The summed E-state index contributed by atoms with van der Waals surface area (Å²) in [6.45, 7) is 2.73. The minimum absolute atomic E-state index is 0. The minimum Gasteiger partial charge on any atom is -0.493 e. The molecule has 1 fully saturated rings. The molecule has 0 spiro atoms. The van der Waals surface area contributed by atoms with Gasteiger partial charge in [0.15, 0.2) is 11.5 Å². The van der Waals surface area contributed by atoms with E-state index in [-0.39, 0.29) is 30.8 Å². The molecule has 1 aromatic rings. The van der Waals surface area contributed by atoms with Crippen molar-refractivity contribution in [3.63, 3.8) is 0 Å². The predicted molar refractivity (Wildman–Crippen MR) is 103 cm³/mol. The normalized spacial score (nSPS) is 19.6. The molecule has 8 heteroatoms. The van der Waals surface area contributed by atoms with Crippen LogP contribution in [0.1, 0.15) is 24.0 Å². The number of carbonyl (C=O) groups excluding carboxylic acids is 1. The SMILES string of the molecule is COc1cc2c(cc1OC)CN(C(=O)CN1CCCC(C(=O)O)C1)CC2.Cl. The Bertz CT molecular complexity index is 697. The van der Waals surface area contributed by atoms with Crippen LogP contribution in [0, 0.1) is 5.92 Å². The summed E-state index contributed by atoms with van der Waals surface area (Å²) in [7, 11) is 3.22. The Hall–Kier alpha value is -1.99. The van der Waals surface area contributed by atoms with Crippen molar-refractivity contribution in [1.82, 2.24) is 9.80 Å². The molecule has 2 aliphatic heterocycles. The van der Waals surface area contributed by atoms with Crippen LogP contribution in [0.25, 0.3) is 0 Å². The van der Waals surface area contributed by atoms with Crippen LogP contribution in [-0.4, -0.2) is 67.2 Å². The molecule has 3 rings (SSSR count). The first-order valence-electron chi connectivity index (χ1n) is 8.98. The third-order valence-corrected chi connectivity index (χ3v) is 5.28. The third kappa shape index (κ3) is 4.84. The maximum Gasteiger partial charge on any atom is 0.307 e. The van der Waals surface area contributed by atoms with Crippen molar-refractivity contribution >= 4 is 24.3 Å². The Morgan fingerprint density at radius 2 is 1.81 bits per heavy atom. The first-order valence-corrected chi connectivity index (χ1v) is 8.98. The standard InChI is InChI=1S/C19H26N2O5.ClH/c1-25-16-8-13-5-7-21(11-15(13)9-17(16)26-2)18(22)12-20-6-3-4-14(10-20)19(23)24;/h8-9,14H,3-7,10-12H2,1-2H3,(H,23,24);1H. The van der Waals surface area contributed by atoms with Crippen LogP contribution in [0.15, 0.2) is 12.1 Å². The summed E-state index contributed by atoms with van der Waals surface area (Å²) >= 11 is 0. The zero-order valence-electron chi connectivity index (χ0n) is 15.8. The van der Waals surface area contributed by atoms with Gasteiger partial charge in [-0.3, -0.25) is 14.5 Å². The quantitative estimate of drug-likeness (QED) is 0.814. The van der Waals surface area contributed by atoms with E-state index in [2.05, 4.69) is 0 Å². The fraction of sp³-hybridized carbons (Fsp3) is 0.579. The number of carboxylic acids is 1. The van der Waals surface area contributed by atoms with Crippen LogP contribution in [0.3, 0.4) is 0 Å². The second-order valence-electron chi connectivity index (χ2n) is 6.95. The van der Waals surface area contributed by atoms with Gasteiger partial charge in [-0.1, -0.05) is 0 Å². The molecule has 0 aliphatic carbocycles. The molecule has 0 bridgehead atoms. The summed E-state index contributed by atoms with van der Waals surface area (Å²) in [5.74, 6) is 0.293. The molecule has 2 heterocycles. The number of nitrogens with zero attached hydrogens (tertiary/aromatic N) is 2. The van der Waals surface area contributed by atoms with E-state index in [1.807, 2.05) is 21.9 Å². The van der Waals surface area contributed by atoms with Crippen LogP contribution in [0.4, 0.5) is 0 Å². The highest BCUT2D eigenvalue weighted by atomic mass is 35.5. The number of ether oxygens (including phenoxy) is 2. The van der Waals surface area contributed by atoms with Crippen molar-refractivity contribution in [2.45, 2.75) is 25.8 Å².